The molecule has 2 amide bonds. The Hall–Kier alpha value is -2.45. The van der Waals surface area contributed by atoms with Crippen LogP contribution in [0, 0.1) is 5.82 Å². The van der Waals surface area contributed by atoms with E-state index in [0.29, 0.717) is 18.5 Å². The lowest BCUT2D eigenvalue weighted by atomic mass is 10.1. The Morgan fingerprint density at radius 2 is 1.92 bits per heavy atom. The first kappa shape index (κ1) is 18.9. The second kappa shape index (κ2) is 8.09. The number of carbonyl (C=O) groups is 1. The Morgan fingerprint density at radius 3 is 2.60 bits per heavy atom. The minimum atomic E-state index is -3.79. The van der Waals surface area contributed by atoms with Gasteiger partial charge in [0.15, 0.2) is 0 Å². The number of benzene rings is 2. The van der Waals surface area contributed by atoms with Crippen molar-refractivity contribution in [2.24, 2.45) is 5.14 Å². The molecule has 2 aromatic rings. The fourth-order valence-electron chi connectivity index (χ4n) is 2.30. The zero-order chi connectivity index (χ0) is 18.4. The molecule has 0 aliphatic heterocycles. The maximum Gasteiger partial charge on any atom is 0.315 e. The largest absolute Gasteiger partial charge is 0.338 e. The number of sulfonamides is 1. The van der Waals surface area contributed by atoms with Gasteiger partial charge in [0.2, 0.25) is 10.0 Å². The molecule has 6 nitrogen and oxygen atoms in total. The van der Waals surface area contributed by atoms with E-state index in [1.807, 2.05) is 0 Å². The maximum absolute atomic E-state index is 13.1. The molecule has 0 bridgehead atoms. The first-order valence-corrected chi connectivity index (χ1v) is 9.22. The van der Waals surface area contributed by atoms with Crippen molar-refractivity contribution in [3.8, 4) is 0 Å². The average Bonchev–Trinajstić information content (AvgIpc) is 2.54. The summed E-state index contributed by atoms with van der Waals surface area (Å²) in [7, 11) is -3.79. The predicted molar refractivity (Wildman–Crippen MR) is 92.9 cm³/mol. The number of amides is 2. The summed E-state index contributed by atoms with van der Waals surface area (Å²) in [6.45, 7) is 2.08. The summed E-state index contributed by atoms with van der Waals surface area (Å²) in [6.07, 6.45) is 0.500. The first-order chi connectivity index (χ1) is 11.8. The number of primary sulfonamides is 1. The van der Waals surface area contributed by atoms with Gasteiger partial charge in [-0.2, -0.15) is 0 Å². The highest BCUT2D eigenvalue weighted by Gasteiger charge is 2.13. The van der Waals surface area contributed by atoms with Crippen molar-refractivity contribution in [2.45, 2.75) is 24.3 Å². The molecule has 0 saturated carbocycles. The molecule has 0 aliphatic rings. The molecular weight excluding hydrogens is 345 g/mol. The lowest BCUT2D eigenvalue weighted by Gasteiger charge is -2.15. The topological polar surface area (TPSA) is 101 Å². The van der Waals surface area contributed by atoms with Crippen molar-refractivity contribution < 1.29 is 17.6 Å². The van der Waals surface area contributed by atoms with Crippen LogP contribution in [0.4, 0.5) is 9.18 Å². The van der Waals surface area contributed by atoms with Crippen molar-refractivity contribution in [2.75, 3.05) is 6.54 Å². The van der Waals surface area contributed by atoms with Gasteiger partial charge < -0.3 is 10.6 Å². The van der Waals surface area contributed by atoms with Gasteiger partial charge in [0.1, 0.15) is 5.82 Å². The Labute approximate surface area is 146 Å². The van der Waals surface area contributed by atoms with Crippen LogP contribution in [0.2, 0.25) is 0 Å². The summed E-state index contributed by atoms with van der Waals surface area (Å²) < 4.78 is 35.8. The summed E-state index contributed by atoms with van der Waals surface area (Å²) in [5.41, 5.74) is 1.40. The maximum atomic E-state index is 13.1. The van der Waals surface area contributed by atoms with Gasteiger partial charge in [0.25, 0.3) is 0 Å². The molecule has 0 spiro atoms. The Balaban J connectivity index is 1.88. The number of rotatable bonds is 6. The van der Waals surface area contributed by atoms with Crippen LogP contribution in [-0.4, -0.2) is 21.0 Å². The number of urea groups is 1. The van der Waals surface area contributed by atoms with Crippen LogP contribution in [0.25, 0.3) is 0 Å². The van der Waals surface area contributed by atoms with Gasteiger partial charge in [-0.15, -0.1) is 0 Å². The number of halogens is 1. The van der Waals surface area contributed by atoms with Gasteiger partial charge in [-0.05, 0) is 48.7 Å². The van der Waals surface area contributed by atoms with Gasteiger partial charge >= 0.3 is 6.03 Å². The van der Waals surface area contributed by atoms with Crippen LogP contribution in [-0.2, 0) is 16.4 Å². The summed E-state index contributed by atoms with van der Waals surface area (Å²) >= 11 is 0. The van der Waals surface area contributed by atoms with E-state index in [-0.39, 0.29) is 10.7 Å². The highest BCUT2D eigenvalue weighted by atomic mass is 32.2. The van der Waals surface area contributed by atoms with E-state index < -0.39 is 22.1 Å². The number of carbonyl (C=O) groups excluding carboxylic acids is 1. The molecule has 1 unspecified atom stereocenters. The average molecular weight is 365 g/mol. The second-order valence-electron chi connectivity index (χ2n) is 5.62. The predicted octanol–water partition coefficient (Wildman–Crippen LogP) is 2.08. The molecule has 2 aromatic carbocycles. The summed E-state index contributed by atoms with van der Waals surface area (Å²) in [4.78, 5) is 11.9. The molecule has 4 N–H and O–H groups in total. The normalized spacial score (nSPS) is 12.4. The highest BCUT2D eigenvalue weighted by molar-refractivity contribution is 7.89. The van der Waals surface area contributed by atoms with E-state index in [4.69, 9.17) is 5.14 Å². The standard InChI is InChI=1S/C17H20FN3O3S/c1-12(14-5-3-7-16(11-14)25(19,23)24)21-17(22)20-9-8-13-4-2-6-15(18)10-13/h2-7,10-12H,8-9H2,1H3,(H2,19,23,24)(H2,20,21,22). The molecule has 0 aromatic heterocycles. The molecule has 134 valence electrons. The van der Waals surface area contributed by atoms with Crippen LogP contribution in [0.15, 0.2) is 53.4 Å². The fourth-order valence-corrected chi connectivity index (χ4v) is 2.87. The van der Waals surface area contributed by atoms with E-state index in [1.165, 1.54) is 24.3 Å². The molecule has 0 saturated heterocycles. The molecule has 8 heteroatoms. The third-order valence-electron chi connectivity index (χ3n) is 3.62. The molecule has 25 heavy (non-hydrogen) atoms. The molecule has 2 rings (SSSR count). The lowest BCUT2D eigenvalue weighted by Crippen LogP contribution is -2.38. The van der Waals surface area contributed by atoms with Crippen molar-refractivity contribution in [3.63, 3.8) is 0 Å². The minimum Gasteiger partial charge on any atom is -0.338 e. The molecular formula is C17H20FN3O3S. The monoisotopic (exact) mass is 365 g/mol. The third-order valence-corrected chi connectivity index (χ3v) is 4.53. The van der Waals surface area contributed by atoms with Crippen molar-refractivity contribution in [3.05, 3.63) is 65.5 Å². The van der Waals surface area contributed by atoms with E-state index in [2.05, 4.69) is 10.6 Å². The van der Waals surface area contributed by atoms with E-state index in [9.17, 15) is 17.6 Å². The zero-order valence-corrected chi connectivity index (χ0v) is 14.5. The molecule has 0 heterocycles. The number of hydrogen-bond acceptors (Lipinski definition) is 3. The van der Waals surface area contributed by atoms with Gasteiger partial charge in [-0.1, -0.05) is 24.3 Å². The zero-order valence-electron chi connectivity index (χ0n) is 13.7. The second-order valence-corrected chi connectivity index (χ2v) is 7.18. The van der Waals surface area contributed by atoms with Crippen molar-refractivity contribution in [1.82, 2.24) is 10.6 Å². The lowest BCUT2D eigenvalue weighted by molar-refractivity contribution is 0.238. The smallest absolute Gasteiger partial charge is 0.315 e. The SMILES string of the molecule is CC(NC(=O)NCCc1cccc(F)c1)c1cccc(S(N)(=O)=O)c1. The van der Waals surface area contributed by atoms with Crippen LogP contribution in [0.3, 0.4) is 0 Å². The first-order valence-electron chi connectivity index (χ1n) is 7.67. The van der Waals surface area contributed by atoms with E-state index in [0.717, 1.165) is 5.56 Å². The van der Waals surface area contributed by atoms with Crippen molar-refractivity contribution in [1.29, 1.82) is 0 Å². The molecule has 0 radical (unpaired) electrons. The van der Waals surface area contributed by atoms with Gasteiger partial charge in [-0.25, -0.2) is 22.7 Å². The fraction of sp³-hybridized carbons (Fsp3) is 0.235. The summed E-state index contributed by atoms with van der Waals surface area (Å²) in [6, 6.07) is 11.5. The molecule has 1 atom stereocenters. The van der Waals surface area contributed by atoms with E-state index >= 15 is 0 Å². The number of nitrogens with two attached hydrogens (primary N) is 1. The van der Waals surface area contributed by atoms with Crippen LogP contribution in [0.1, 0.15) is 24.1 Å². The highest BCUT2D eigenvalue weighted by Crippen LogP contribution is 2.16. The van der Waals surface area contributed by atoms with Crippen molar-refractivity contribution >= 4 is 16.1 Å². The summed E-state index contributed by atoms with van der Waals surface area (Å²) in [5.74, 6) is -0.315. The van der Waals surface area contributed by atoms with Crippen LogP contribution >= 0.6 is 0 Å². The summed E-state index contributed by atoms with van der Waals surface area (Å²) in [5, 5.41) is 10.5. The van der Waals surface area contributed by atoms with Gasteiger partial charge in [0.05, 0.1) is 10.9 Å². The van der Waals surface area contributed by atoms with Crippen LogP contribution in [0.5, 0.6) is 0 Å². The third kappa shape index (κ3) is 5.84. The molecule has 0 aliphatic carbocycles. The number of hydrogen-bond donors (Lipinski definition) is 3. The Bertz CT molecular complexity index is 856. The number of nitrogens with one attached hydrogen (secondary N) is 2. The quantitative estimate of drug-likeness (QED) is 0.730. The van der Waals surface area contributed by atoms with E-state index in [1.54, 1.807) is 31.2 Å². The van der Waals surface area contributed by atoms with Crippen LogP contribution < -0.4 is 15.8 Å². The molecule has 0 fully saturated rings. The Kier molecular flexibility index (Phi) is 6.11. The minimum absolute atomic E-state index is 0.00911. The van der Waals surface area contributed by atoms with Gasteiger partial charge in [0, 0.05) is 6.54 Å². The van der Waals surface area contributed by atoms with Gasteiger partial charge in [-0.3, -0.25) is 0 Å². The Morgan fingerprint density at radius 1 is 1.20 bits per heavy atom.